The lowest BCUT2D eigenvalue weighted by Crippen LogP contribution is -2.25. The van der Waals surface area contributed by atoms with E-state index in [1.807, 2.05) is 36.4 Å². The molecule has 0 spiro atoms. The lowest BCUT2D eigenvalue weighted by atomic mass is 10.2. The highest BCUT2D eigenvalue weighted by atomic mass is 127. The fourth-order valence-corrected chi connectivity index (χ4v) is 2.00. The van der Waals surface area contributed by atoms with Crippen molar-refractivity contribution in [3.8, 4) is 0 Å². The molecule has 0 saturated heterocycles. The molecule has 2 N–H and O–H groups in total. The van der Waals surface area contributed by atoms with E-state index in [0.29, 0.717) is 5.02 Å². The molecule has 4 nitrogen and oxygen atoms in total. The summed E-state index contributed by atoms with van der Waals surface area (Å²) in [5.41, 5.74) is 4.22. The van der Waals surface area contributed by atoms with E-state index in [0.717, 1.165) is 14.8 Å². The van der Waals surface area contributed by atoms with Crippen LogP contribution in [0.3, 0.4) is 0 Å². The lowest BCUT2D eigenvalue weighted by molar-refractivity contribution is -0.119. The zero-order valence-corrected chi connectivity index (χ0v) is 13.9. The minimum Gasteiger partial charge on any atom is -0.376 e. The van der Waals surface area contributed by atoms with Crippen LogP contribution in [0.15, 0.2) is 53.6 Å². The Labute approximate surface area is 141 Å². The second-order valence-corrected chi connectivity index (χ2v) is 5.89. The first-order valence-electron chi connectivity index (χ1n) is 6.20. The number of hydrazone groups is 1. The van der Waals surface area contributed by atoms with Gasteiger partial charge < -0.3 is 5.32 Å². The van der Waals surface area contributed by atoms with Crippen molar-refractivity contribution >= 4 is 52.0 Å². The average molecular weight is 414 g/mol. The van der Waals surface area contributed by atoms with Crippen LogP contribution >= 0.6 is 34.2 Å². The quantitative estimate of drug-likeness (QED) is 0.448. The van der Waals surface area contributed by atoms with E-state index in [1.165, 1.54) is 0 Å². The third kappa shape index (κ3) is 5.73. The molecule has 0 fully saturated rings. The fourth-order valence-electron chi connectivity index (χ4n) is 1.52. The number of nitrogens with zero attached hydrogens (tertiary/aromatic N) is 1. The van der Waals surface area contributed by atoms with Crippen LogP contribution in [-0.4, -0.2) is 18.7 Å². The van der Waals surface area contributed by atoms with Crippen LogP contribution in [-0.2, 0) is 4.79 Å². The van der Waals surface area contributed by atoms with Crippen LogP contribution in [0.1, 0.15) is 5.56 Å². The Balaban J connectivity index is 1.77. The Morgan fingerprint density at radius 3 is 2.48 bits per heavy atom. The highest BCUT2D eigenvalue weighted by molar-refractivity contribution is 14.1. The van der Waals surface area contributed by atoms with Crippen molar-refractivity contribution in [2.45, 2.75) is 0 Å². The van der Waals surface area contributed by atoms with E-state index in [1.54, 1.807) is 18.3 Å². The molecule has 0 aliphatic carbocycles. The Hall–Kier alpha value is -1.60. The van der Waals surface area contributed by atoms with E-state index in [4.69, 9.17) is 11.6 Å². The van der Waals surface area contributed by atoms with E-state index in [2.05, 4.69) is 38.4 Å². The second kappa shape index (κ2) is 7.99. The predicted octanol–water partition coefficient (Wildman–Crippen LogP) is 3.51. The van der Waals surface area contributed by atoms with Gasteiger partial charge in [-0.15, -0.1) is 0 Å². The summed E-state index contributed by atoms with van der Waals surface area (Å²) in [7, 11) is 0. The van der Waals surface area contributed by atoms with E-state index >= 15 is 0 Å². The number of rotatable bonds is 5. The number of hydrogen-bond acceptors (Lipinski definition) is 3. The lowest BCUT2D eigenvalue weighted by Gasteiger charge is -2.05. The molecule has 2 aromatic carbocycles. The van der Waals surface area contributed by atoms with Crippen molar-refractivity contribution < 1.29 is 4.79 Å². The third-order valence-corrected chi connectivity index (χ3v) is 3.54. The first kappa shape index (κ1) is 15.8. The highest BCUT2D eigenvalue weighted by Gasteiger charge is 1.99. The molecule has 1 amide bonds. The van der Waals surface area contributed by atoms with Crippen LogP contribution in [0.2, 0.25) is 5.02 Å². The zero-order valence-electron chi connectivity index (χ0n) is 11.0. The molecular weight excluding hydrogens is 401 g/mol. The molecular formula is C15H13ClIN3O. The predicted molar refractivity (Wildman–Crippen MR) is 94.8 cm³/mol. The monoisotopic (exact) mass is 413 g/mol. The van der Waals surface area contributed by atoms with Crippen LogP contribution in [0.25, 0.3) is 0 Å². The molecule has 0 atom stereocenters. The zero-order chi connectivity index (χ0) is 15.1. The smallest absolute Gasteiger partial charge is 0.259 e. The summed E-state index contributed by atoms with van der Waals surface area (Å²) in [6.07, 6.45) is 1.57. The standard InChI is InChI=1S/C15H13ClIN3O/c16-12-3-1-11(2-4-12)9-19-20-15(21)10-18-14-7-5-13(17)6-8-14/h1-9,18H,10H2,(H,20,21)/b19-9+. The van der Waals surface area contributed by atoms with E-state index in [9.17, 15) is 4.79 Å². The number of nitrogens with one attached hydrogen (secondary N) is 2. The number of halogens is 2. The Bertz CT molecular complexity index is 626. The van der Waals surface area contributed by atoms with Crippen molar-refractivity contribution in [1.29, 1.82) is 0 Å². The molecule has 0 unspecified atom stereocenters. The first-order chi connectivity index (χ1) is 10.1. The summed E-state index contributed by atoms with van der Waals surface area (Å²) >= 11 is 8.01. The number of anilines is 1. The second-order valence-electron chi connectivity index (χ2n) is 4.21. The fraction of sp³-hybridized carbons (Fsp3) is 0.0667. The van der Waals surface area contributed by atoms with Gasteiger partial charge in [-0.05, 0) is 64.6 Å². The number of carbonyl (C=O) groups is 1. The molecule has 0 aliphatic heterocycles. The van der Waals surface area contributed by atoms with Gasteiger partial charge in [0.05, 0.1) is 12.8 Å². The maximum absolute atomic E-state index is 11.6. The van der Waals surface area contributed by atoms with Gasteiger partial charge in [0.2, 0.25) is 0 Å². The molecule has 108 valence electrons. The molecule has 21 heavy (non-hydrogen) atoms. The molecule has 2 aromatic rings. The van der Waals surface area contributed by atoms with Crippen LogP contribution in [0, 0.1) is 3.57 Å². The Kier molecular flexibility index (Phi) is 6.01. The van der Waals surface area contributed by atoms with Crippen molar-refractivity contribution in [3.63, 3.8) is 0 Å². The SMILES string of the molecule is O=C(CNc1ccc(I)cc1)N/N=C/c1ccc(Cl)cc1. The minimum absolute atomic E-state index is 0.165. The summed E-state index contributed by atoms with van der Waals surface area (Å²) in [6.45, 7) is 0.165. The summed E-state index contributed by atoms with van der Waals surface area (Å²) in [5.74, 6) is -0.209. The van der Waals surface area contributed by atoms with Crippen molar-refractivity contribution in [2.24, 2.45) is 5.10 Å². The van der Waals surface area contributed by atoms with Gasteiger partial charge in [-0.25, -0.2) is 5.43 Å². The van der Waals surface area contributed by atoms with Gasteiger partial charge in [-0.2, -0.15) is 5.10 Å². The van der Waals surface area contributed by atoms with E-state index in [-0.39, 0.29) is 12.5 Å². The summed E-state index contributed by atoms with van der Waals surface area (Å²) in [5, 5.41) is 7.57. The van der Waals surface area contributed by atoms with Gasteiger partial charge in [-0.3, -0.25) is 4.79 Å². The van der Waals surface area contributed by atoms with Crippen molar-refractivity contribution in [3.05, 3.63) is 62.7 Å². The van der Waals surface area contributed by atoms with Gasteiger partial charge in [0.25, 0.3) is 5.91 Å². The molecule has 0 heterocycles. The largest absolute Gasteiger partial charge is 0.376 e. The average Bonchev–Trinajstić information content (AvgIpc) is 2.49. The van der Waals surface area contributed by atoms with Crippen molar-refractivity contribution in [2.75, 3.05) is 11.9 Å². The van der Waals surface area contributed by atoms with Gasteiger partial charge in [-0.1, -0.05) is 23.7 Å². The number of benzene rings is 2. The number of hydrogen-bond donors (Lipinski definition) is 2. The highest BCUT2D eigenvalue weighted by Crippen LogP contribution is 2.10. The first-order valence-corrected chi connectivity index (χ1v) is 7.66. The van der Waals surface area contributed by atoms with Crippen LogP contribution in [0.5, 0.6) is 0 Å². The minimum atomic E-state index is -0.209. The molecule has 0 saturated carbocycles. The van der Waals surface area contributed by atoms with E-state index < -0.39 is 0 Å². The molecule has 0 aromatic heterocycles. The Morgan fingerprint density at radius 1 is 1.14 bits per heavy atom. The normalized spacial score (nSPS) is 10.6. The number of amides is 1. The van der Waals surface area contributed by atoms with Gasteiger partial charge in [0.15, 0.2) is 0 Å². The molecule has 0 aliphatic rings. The van der Waals surface area contributed by atoms with Gasteiger partial charge in [0.1, 0.15) is 0 Å². The van der Waals surface area contributed by atoms with Crippen molar-refractivity contribution in [1.82, 2.24) is 5.43 Å². The summed E-state index contributed by atoms with van der Waals surface area (Å²) in [6, 6.07) is 15.0. The number of carbonyl (C=O) groups excluding carboxylic acids is 1. The summed E-state index contributed by atoms with van der Waals surface area (Å²) < 4.78 is 1.15. The maximum Gasteiger partial charge on any atom is 0.259 e. The molecule has 0 bridgehead atoms. The van der Waals surface area contributed by atoms with Gasteiger partial charge >= 0.3 is 0 Å². The molecule has 2 rings (SSSR count). The maximum atomic E-state index is 11.6. The van der Waals surface area contributed by atoms with Crippen LogP contribution < -0.4 is 10.7 Å². The topological polar surface area (TPSA) is 53.5 Å². The molecule has 6 heteroatoms. The summed E-state index contributed by atoms with van der Waals surface area (Å²) in [4.78, 5) is 11.6. The third-order valence-electron chi connectivity index (χ3n) is 2.57. The molecule has 0 radical (unpaired) electrons. The van der Waals surface area contributed by atoms with Gasteiger partial charge in [0, 0.05) is 14.3 Å². The Morgan fingerprint density at radius 2 is 1.81 bits per heavy atom. The van der Waals surface area contributed by atoms with Crippen LogP contribution in [0.4, 0.5) is 5.69 Å².